The van der Waals surface area contributed by atoms with Gasteiger partial charge in [-0.3, -0.25) is 9.48 Å². The Morgan fingerprint density at radius 2 is 2.24 bits per heavy atom. The van der Waals surface area contributed by atoms with Gasteiger partial charge in [0.1, 0.15) is 0 Å². The van der Waals surface area contributed by atoms with Crippen molar-refractivity contribution in [3.8, 4) is 0 Å². The monoisotopic (exact) mass is 341 g/mol. The zero-order valence-electron chi connectivity index (χ0n) is 15.1. The summed E-state index contributed by atoms with van der Waals surface area (Å²) in [5.74, 6) is 0.500. The van der Waals surface area contributed by atoms with Crippen LogP contribution >= 0.6 is 0 Å². The Kier molecular flexibility index (Phi) is 4.07. The molecule has 1 saturated heterocycles. The lowest BCUT2D eigenvalue weighted by Crippen LogP contribution is -2.58. The van der Waals surface area contributed by atoms with Crippen LogP contribution in [-0.4, -0.2) is 45.4 Å². The highest BCUT2D eigenvalue weighted by Gasteiger charge is 2.50. The van der Waals surface area contributed by atoms with E-state index < -0.39 is 0 Å². The van der Waals surface area contributed by atoms with Gasteiger partial charge in [0.05, 0.1) is 24.2 Å². The molecule has 2 heterocycles. The number of fused-ring (bicyclic) bond motifs is 1. The quantitative estimate of drug-likeness (QED) is 0.930. The molecule has 2 aliphatic rings. The summed E-state index contributed by atoms with van der Waals surface area (Å²) >= 11 is 0. The number of hydrogen-bond donors (Lipinski definition) is 1. The van der Waals surface area contributed by atoms with Crippen LogP contribution in [0.2, 0.25) is 0 Å². The third-order valence-corrected chi connectivity index (χ3v) is 6.37. The van der Waals surface area contributed by atoms with E-state index >= 15 is 0 Å². The summed E-state index contributed by atoms with van der Waals surface area (Å²) in [7, 11) is 1.97. The Bertz CT molecular complexity index is 787. The molecule has 4 rings (SSSR count). The van der Waals surface area contributed by atoms with Gasteiger partial charge in [-0.15, -0.1) is 0 Å². The molecule has 1 spiro atoms. The van der Waals surface area contributed by atoms with E-state index in [1.54, 1.807) is 0 Å². The molecule has 0 bridgehead atoms. The Morgan fingerprint density at radius 3 is 2.96 bits per heavy atom. The lowest BCUT2D eigenvalue weighted by atomic mass is 9.76. The van der Waals surface area contributed by atoms with E-state index in [2.05, 4.69) is 23.3 Å². The van der Waals surface area contributed by atoms with Crippen molar-refractivity contribution in [3.63, 3.8) is 0 Å². The maximum Gasteiger partial charge on any atom is 0.228 e. The van der Waals surface area contributed by atoms with E-state index in [-0.39, 0.29) is 18.4 Å². The van der Waals surface area contributed by atoms with Crippen molar-refractivity contribution in [2.24, 2.45) is 18.4 Å². The lowest BCUT2D eigenvalue weighted by Gasteiger charge is -2.49. The van der Waals surface area contributed by atoms with Crippen LogP contribution in [0.25, 0.3) is 10.9 Å². The Hall–Kier alpha value is -1.88. The van der Waals surface area contributed by atoms with Crippen LogP contribution in [0, 0.1) is 11.3 Å². The van der Waals surface area contributed by atoms with Gasteiger partial charge in [0, 0.05) is 30.9 Å². The fourth-order valence-corrected chi connectivity index (χ4v) is 4.77. The van der Waals surface area contributed by atoms with Crippen LogP contribution in [0.4, 0.5) is 0 Å². The number of aryl methyl sites for hydroxylation is 1. The number of aromatic nitrogens is 2. The van der Waals surface area contributed by atoms with Crippen molar-refractivity contribution < 1.29 is 9.90 Å². The van der Waals surface area contributed by atoms with Crippen LogP contribution in [-0.2, 0) is 11.8 Å². The molecule has 1 aliphatic heterocycles. The standard InChI is InChI=1S/C20H27N3O2/c1-3-14(11-24)19(25)23-12-20(13-23)7-6-16(9-20)15-4-5-18-17(8-15)10-21-22(18)2/h4-5,8,10,14,16,24H,3,6-7,9,11-13H2,1-2H3/t14-,16?/m1/s1. The van der Waals surface area contributed by atoms with Crippen molar-refractivity contribution in [2.45, 2.75) is 38.5 Å². The average molecular weight is 341 g/mol. The number of carbonyl (C=O) groups is 1. The smallest absolute Gasteiger partial charge is 0.228 e. The van der Waals surface area contributed by atoms with Crippen molar-refractivity contribution >= 4 is 16.8 Å². The number of aliphatic hydroxyl groups excluding tert-OH is 1. The van der Waals surface area contributed by atoms with Crippen LogP contribution in [0.3, 0.4) is 0 Å². The van der Waals surface area contributed by atoms with E-state index in [1.807, 2.05) is 29.7 Å². The van der Waals surface area contributed by atoms with Gasteiger partial charge in [0.25, 0.3) is 0 Å². The molecule has 25 heavy (non-hydrogen) atoms. The van der Waals surface area contributed by atoms with Crippen molar-refractivity contribution in [1.82, 2.24) is 14.7 Å². The molecular weight excluding hydrogens is 314 g/mol. The van der Waals surface area contributed by atoms with Gasteiger partial charge in [-0.2, -0.15) is 5.10 Å². The minimum absolute atomic E-state index is 0.0351. The summed E-state index contributed by atoms with van der Waals surface area (Å²) in [5, 5.41) is 14.9. The van der Waals surface area contributed by atoms with Crippen LogP contribution < -0.4 is 0 Å². The third kappa shape index (κ3) is 2.74. The van der Waals surface area contributed by atoms with Crippen molar-refractivity contribution in [3.05, 3.63) is 30.0 Å². The molecule has 2 atom stereocenters. The molecule has 5 nitrogen and oxygen atoms in total. The van der Waals surface area contributed by atoms with Crippen molar-refractivity contribution in [1.29, 1.82) is 0 Å². The molecule has 5 heteroatoms. The largest absolute Gasteiger partial charge is 0.396 e. The summed E-state index contributed by atoms with van der Waals surface area (Å²) in [6.45, 7) is 3.67. The number of nitrogens with zero attached hydrogens (tertiary/aromatic N) is 3. The van der Waals surface area contributed by atoms with E-state index in [1.165, 1.54) is 35.7 Å². The topological polar surface area (TPSA) is 58.4 Å². The predicted molar refractivity (Wildman–Crippen MR) is 97.2 cm³/mol. The number of hydrogen-bond acceptors (Lipinski definition) is 3. The second-order valence-corrected chi connectivity index (χ2v) is 8.01. The number of benzene rings is 1. The van der Waals surface area contributed by atoms with Gasteiger partial charge in [-0.1, -0.05) is 13.0 Å². The van der Waals surface area contributed by atoms with Gasteiger partial charge >= 0.3 is 0 Å². The molecular formula is C20H27N3O2. The Labute approximate surface area is 148 Å². The number of rotatable bonds is 4. The number of aliphatic hydroxyl groups is 1. The fourth-order valence-electron chi connectivity index (χ4n) is 4.77. The molecule has 1 aliphatic carbocycles. The first kappa shape index (κ1) is 16.6. The first-order valence-electron chi connectivity index (χ1n) is 9.36. The second-order valence-electron chi connectivity index (χ2n) is 8.01. The van der Waals surface area contributed by atoms with Crippen molar-refractivity contribution in [2.75, 3.05) is 19.7 Å². The van der Waals surface area contributed by atoms with E-state index in [0.717, 1.165) is 13.1 Å². The van der Waals surface area contributed by atoms with E-state index in [0.29, 0.717) is 17.8 Å². The summed E-state index contributed by atoms with van der Waals surface area (Å²) in [5.41, 5.74) is 2.88. The van der Waals surface area contributed by atoms with Crippen LogP contribution in [0.1, 0.15) is 44.1 Å². The molecule has 2 aromatic rings. The zero-order chi connectivity index (χ0) is 17.6. The third-order valence-electron chi connectivity index (χ3n) is 6.37. The number of likely N-dealkylation sites (tertiary alicyclic amines) is 1. The first-order chi connectivity index (χ1) is 12.0. The predicted octanol–water partition coefficient (Wildman–Crippen LogP) is 2.69. The minimum atomic E-state index is -0.220. The Balaban J connectivity index is 1.42. The molecule has 1 saturated carbocycles. The van der Waals surface area contributed by atoms with Gasteiger partial charge in [0.15, 0.2) is 0 Å². The van der Waals surface area contributed by atoms with Gasteiger partial charge < -0.3 is 10.0 Å². The molecule has 1 amide bonds. The number of amides is 1. The minimum Gasteiger partial charge on any atom is -0.396 e. The van der Waals surface area contributed by atoms with Gasteiger partial charge in [-0.05, 0) is 49.3 Å². The summed E-state index contributed by atoms with van der Waals surface area (Å²) in [6, 6.07) is 6.70. The first-order valence-corrected chi connectivity index (χ1v) is 9.36. The van der Waals surface area contributed by atoms with Crippen LogP contribution in [0.15, 0.2) is 24.4 Å². The Morgan fingerprint density at radius 1 is 1.44 bits per heavy atom. The maximum atomic E-state index is 12.4. The van der Waals surface area contributed by atoms with E-state index in [9.17, 15) is 9.90 Å². The summed E-state index contributed by atoms with van der Waals surface area (Å²) in [4.78, 5) is 14.3. The molecule has 1 unspecified atom stereocenters. The second kappa shape index (κ2) is 6.13. The highest BCUT2D eigenvalue weighted by Crippen LogP contribution is 2.52. The molecule has 1 aromatic heterocycles. The van der Waals surface area contributed by atoms with Gasteiger partial charge in [-0.25, -0.2) is 0 Å². The zero-order valence-corrected chi connectivity index (χ0v) is 15.1. The molecule has 0 radical (unpaired) electrons. The molecule has 1 N–H and O–H groups in total. The summed E-state index contributed by atoms with van der Waals surface area (Å²) in [6.07, 6.45) is 6.21. The van der Waals surface area contributed by atoms with E-state index in [4.69, 9.17) is 0 Å². The molecule has 2 fully saturated rings. The maximum absolute atomic E-state index is 12.4. The highest BCUT2D eigenvalue weighted by molar-refractivity contribution is 5.80. The number of carbonyl (C=O) groups excluding carboxylic acids is 1. The summed E-state index contributed by atoms with van der Waals surface area (Å²) < 4.78 is 1.91. The molecule has 1 aromatic carbocycles. The fraction of sp³-hybridized carbons (Fsp3) is 0.600. The highest BCUT2D eigenvalue weighted by atomic mass is 16.3. The molecule has 134 valence electrons. The van der Waals surface area contributed by atoms with Gasteiger partial charge in [0.2, 0.25) is 5.91 Å². The SMILES string of the molecule is CC[C@H](CO)C(=O)N1CC2(CCC(c3ccc4c(cnn4C)c3)C2)C1. The average Bonchev–Trinajstić information content (AvgIpc) is 3.19. The normalized spacial score (nSPS) is 23.2. The lowest BCUT2D eigenvalue weighted by molar-refractivity contribution is -0.149. The van der Waals surface area contributed by atoms with Crippen LogP contribution in [0.5, 0.6) is 0 Å².